The number of carbonyl (C=O) groups excluding carboxylic acids is 1. The molecule has 1 atom stereocenters. The van der Waals surface area contributed by atoms with Gasteiger partial charge in [0.05, 0.1) is 0 Å². The molecule has 110 valence electrons. The molecule has 7 heteroatoms. The van der Waals surface area contributed by atoms with Gasteiger partial charge in [-0.05, 0) is 26.2 Å². The van der Waals surface area contributed by atoms with E-state index in [1.165, 1.54) is 0 Å². The van der Waals surface area contributed by atoms with Gasteiger partial charge in [0.2, 0.25) is 5.91 Å². The second-order valence-corrected chi connectivity index (χ2v) is 4.99. The molecule has 1 unspecified atom stereocenters. The molecule has 2 rings (SSSR count). The SMILES string of the molecule is CCCc1nc(NN)c(C)c(NC2CCCNC2=O)n1. The van der Waals surface area contributed by atoms with Gasteiger partial charge in [-0.2, -0.15) is 0 Å². The number of hydrazine groups is 1. The van der Waals surface area contributed by atoms with E-state index in [9.17, 15) is 4.79 Å². The van der Waals surface area contributed by atoms with E-state index in [0.29, 0.717) is 11.6 Å². The number of hydrogen-bond acceptors (Lipinski definition) is 6. The van der Waals surface area contributed by atoms with Crippen LogP contribution in [0.1, 0.15) is 37.6 Å². The normalized spacial score (nSPS) is 18.6. The molecule has 0 aromatic carbocycles. The van der Waals surface area contributed by atoms with Crippen LogP contribution < -0.4 is 21.9 Å². The molecule has 1 aliphatic heterocycles. The van der Waals surface area contributed by atoms with E-state index in [0.717, 1.165) is 43.6 Å². The highest BCUT2D eigenvalue weighted by Gasteiger charge is 2.23. The Kier molecular flexibility index (Phi) is 4.73. The third-order valence-corrected chi connectivity index (χ3v) is 3.40. The van der Waals surface area contributed by atoms with Gasteiger partial charge in [-0.15, -0.1) is 0 Å². The van der Waals surface area contributed by atoms with E-state index in [-0.39, 0.29) is 11.9 Å². The fraction of sp³-hybridized carbons (Fsp3) is 0.615. The largest absolute Gasteiger partial charge is 0.358 e. The van der Waals surface area contributed by atoms with Crippen LogP contribution in [0.5, 0.6) is 0 Å². The predicted octanol–water partition coefficient (Wildman–Crippen LogP) is 0.714. The first-order chi connectivity index (χ1) is 9.65. The van der Waals surface area contributed by atoms with E-state index in [1.54, 1.807) is 0 Å². The monoisotopic (exact) mass is 278 g/mol. The lowest BCUT2D eigenvalue weighted by Crippen LogP contribution is -2.44. The summed E-state index contributed by atoms with van der Waals surface area (Å²) in [5, 5.41) is 6.07. The van der Waals surface area contributed by atoms with Crippen LogP contribution in [0, 0.1) is 6.92 Å². The molecule has 20 heavy (non-hydrogen) atoms. The Morgan fingerprint density at radius 1 is 1.40 bits per heavy atom. The molecular weight excluding hydrogens is 256 g/mol. The van der Waals surface area contributed by atoms with Crippen LogP contribution in [-0.4, -0.2) is 28.5 Å². The summed E-state index contributed by atoms with van der Waals surface area (Å²) in [5.41, 5.74) is 3.42. The second-order valence-electron chi connectivity index (χ2n) is 4.99. The molecule has 1 saturated heterocycles. The molecule has 0 saturated carbocycles. The Hall–Kier alpha value is -1.89. The summed E-state index contributed by atoms with van der Waals surface area (Å²) in [7, 11) is 0. The van der Waals surface area contributed by atoms with E-state index in [1.807, 2.05) is 6.92 Å². The van der Waals surface area contributed by atoms with Gasteiger partial charge in [0.1, 0.15) is 23.5 Å². The van der Waals surface area contributed by atoms with E-state index >= 15 is 0 Å². The fourth-order valence-corrected chi connectivity index (χ4v) is 2.25. The van der Waals surface area contributed by atoms with Crippen LogP contribution in [0.3, 0.4) is 0 Å². The summed E-state index contributed by atoms with van der Waals surface area (Å²) in [6.07, 6.45) is 3.51. The zero-order valence-electron chi connectivity index (χ0n) is 12.0. The first-order valence-corrected chi connectivity index (χ1v) is 7.04. The van der Waals surface area contributed by atoms with Crippen molar-refractivity contribution in [1.82, 2.24) is 15.3 Å². The molecular formula is C13H22N6O. The van der Waals surface area contributed by atoms with Crippen molar-refractivity contribution in [2.45, 2.75) is 45.6 Å². The van der Waals surface area contributed by atoms with Crippen LogP contribution in [0.4, 0.5) is 11.6 Å². The highest BCUT2D eigenvalue weighted by molar-refractivity contribution is 5.85. The topological polar surface area (TPSA) is 105 Å². The van der Waals surface area contributed by atoms with Crippen molar-refractivity contribution in [3.8, 4) is 0 Å². The molecule has 1 aromatic rings. The Bertz CT molecular complexity index is 490. The predicted molar refractivity (Wildman–Crippen MR) is 78.2 cm³/mol. The maximum atomic E-state index is 11.8. The summed E-state index contributed by atoms with van der Waals surface area (Å²) in [6.45, 7) is 4.70. The van der Waals surface area contributed by atoms with Gasteiger partial charge in [0.15, 0.2) is 0 Å². The van der Waals surface area contributed by atoms with Gasteiger partial charge in [-0.3, -0.25) is 4.79 Å². The van der Waals surface area contributed by atoms with Crippen LogP contribution >= 0.6 is 0 Å². The number of anilines is 2. The minimum atomic E-state index is -0.238. The van der Waals surface area contributed by atoms with Gasteiger partial charge in [0.25, 0.3) is 0 Å². The van der Waals surface area contributed by atoms with Gasteiger partial charge >= 0.3 is 0 Å². The Balaban J connectivity index is 2.24. The number of amides is 1. The van der Waals surface area contributed by atoms with Crippen LogP contribution in [0.25, 0.3) is 0 Å². The smallest absolute Gasteiger partial charge is 0.242 e. The lowest BCUT2D eigenvalue weighted by molar-refractivity contribution is -0.123. The van der Waals surface area contributed by atoms with Crippen molar-refractivity contribution in [1.29, 1.82) is 0 Å². The number of rotatable bonds is 5. The van der Waals surface area contributed by atoms with Crippen LogP contribution in [0.2, 0.25) is 0 Å². The summed E-state index contributed by atoms with van der Waals surface area (Å²) in [4.78, 5) is 20.7. The average Bonchev–Trinajstić information content (AvgIpc) is 2.45. The Morgan fingerprint density at radius 2 is 2.15 bits per heavy atom. The molecule has 0 bridgehead atoms. The zero-order valence-corrected chi connectivity index (χ0v) is 12.0. The summed E-state index contributed by atoms with van der Waals surface area (Å²) >= 11 is 0. The quantitative estimate of drug-likeness (QED) is 0.467. The van der Waals surface area contributed by atoms with Crippen molar-refractivity contribution < 1.29 is 4.79 Å². The molecule has 1 aromatic heterocycles. The highest BCUT2D eigenvalue weighted by Crippen LogP contribution is 2.21. The molecule has 1 aliphatic rings. The fourth-order valence-electron chi connectivity index (χ4n) is 2.25. The van der Waals surface area contributed by atoms with E-state index < -0.39 is 0 Å². The zero-order chi connectivity index (χ0) is 14.5. The summed E-state index contributed by atoms with van der Waals surface area (Å²) in [6, 6.07) is -0.238. The number of nitrogens with two attached hydrogens (primary N) is 1. The minimum Gasteiger partial charge on any atom is -0.358 e. The maximum absolute atomic E-state index is 11.8. The van der Waals surface area contributed by atoms with Crippen molar-refractivity contribution in [2.75, 3.05) is 17.3 Å². The number of carbonyl (C=O) groups is 1. The van der Waals surface area contributed by atoms with Crippen molar-refractivity contribution >= 4 is 17.5 Å². The molecule has 0 aliphatic carbocycles. The molecule has 0 radical (unpaired) electrons. The standard InChI is InChI=1S/C13H22N6O/c1-3-5-10-17-11(8(2)12(18-10)19-14)16-9-6-4-7-15-13(9)20/h9H,3-7,14H2,1-2H3,(H,15,20)(H2,16,17,18,19). The van der Waals surface area contributed by atoms with E-state index in [4.69, 9.17) is 5.84 Å². The summed E-state index contributed by atoms with van der Waals surface area (Å²) < 4.78 is 0. The number of piperidine rings is 1. The summed E-state index contributed by atoms with van der Waals surface area (Å²) in [5.74, 6) is 7.52. The first kappa shape index (κ1) is 14.5. The molecule has 1 amide bonds. The molecule has 5 N–H and O–H groups in total. The Labute approximate surface area is 118 Å². The average molecular weight is 278 g/mol. The molecule has 1 fully saturated rings. The number of nitrogens with one attached hydrogen (secondary N) is 3. The van der Waals surface area contributed by atoms with Crippen molar-refractivity contribution in [3.05, 3.63) is 11.4 Å². The highest BCUT2D eigenvalue weighted by atomic mass is 16.2. The molecule has 0 spiro atoms. The van der Waals surface area contributed by atoms with Crippen molar-refractivity contribution in [3.63, 3.8) is 0 Å². The van der Waals surface area contributed by atoms with Gasteiger partial charge in [-0.1, -0.05) is 6.92 Å². The third-order valence-electron chi connectivity index (χ3n) is 3.40. The number of nitrogens with zero attached hydrogens (tertiary/aromatic N) is 2. The number of hydrogen-bond donors (Lipinski definition) is 4. The van der Waals surface area contributed by atoms with E-state index in [2.05, 4.69) is 33.0 Å². The third kappa shape index (κ3) is 3.16. The minimum absolute atomic E-state index is 0.0218. The number of nitrogen functional groups attached to an aromatic ring is 1. The maximum Gasteiger partial charge on any atom is 0.242 e. The van der Waals surface area contributed by atoms with Gasteiger partial charge in [-0.25, -0.2) is 15.8 Å². The second kappa shape index (κ2) is 6.51. The van der Waals surface area contributed by atoms with Crippen molar-refractivity contribution in [2.24, 2.45) is 5.84 Å². The van der Waals surface area contributed by atoms with Crippen LogP contribution in [0.15, 0.2) is 0 Å². The number of aromatic nitrogens is 2. The lowest BCUT2D eigenvalue weighted by atomic mass is 10.1. The van der Waals surface area contributed by atoms with Gasteiger partial charge < -0.3 is 16.1 Å². The lowest BCUT2D eigenvalue weighted by Gasteiger charge is -2.24. The Morgan fingerprint density at radius 3 is 2.80 bits per heavy atom. The number of aryl methyl sites for hydroxylation is 1. The molecule has 2 heterocycles. The first-order valence-electron chi connectivity index (χ1n) is 7.04. The van der Waals surface area contributed by atoms with Gasteiger partial charge in [0, 0.05) is 18.5 Å². The van der Waals surface area contributed by atoms with Crippen LogP contribution in [-0.2, 0) is 11.2 Å². The molecule has 7 nitrogen and oxygen atoms in total.